The Morgan fingerprint density at radius 3 is 2.94 bits per heavy atom. The molecule has 0 aliphatic carbocycles. The van der Waals surface area contributed by atoms with Crippen molar-refractivity contribution in [1.82, 2.24) is 9.97 Å². The van der Waals surface area contributed by atoms with Gasteiger partial charge in [-0.15, -0.1) is 0 Å². The summed E-state index contributed by atoms with van der Waals surface area (Å²) < 4.78 is 0. The van der Waals surface area contributed by atoms with Crippen LogP contribution in [-0.4, -0.2) is 29.0 Å². The summed E-state index contributed by atoms with van der Waals surface area (Å²) in [4.78, 5) is 21.4. The van der Waals surface area contributed by atoms with Gasteiger partial charge in [0.2, 0.25) is 5.91 Å². The smallest absolute Gasteiger partial charge is 0.225 e. The minimum absolute atomic E-state index is 0.273. The van der Waals surface area contributed by atoms with Gasteiger partial charge in [0.05, 0.1) is 17.8 Å². The van der Waals surface area contributed by atoms with Gasteiger partial charge in [-0.3, -0.25) is 9.78 Å². The molecule has 0 spiro atoms. The lowest BCUT2D eigenvalue weighted by atomic mass is 9.89. The van der Waals surface area contributed by atoms with E-state index in [2.05, 4.69) is 9.97 Å². The molecule has 2 heterocycles. The van der Waals surface area contributed by atoms with Crippen LogP contribution in [0.1, 0.15) is 13.3 Å². The van der Waals surface area contributed by atoms with Gasteiger partial charge in [-0.05, 0) is 13.3 Å². The molecule has 2 rings (SSSR count). The number of rotatable bonds is 2. The van der Waals surface area contributed by atoms with E-state index in [-0.39, 0.29) is 5.91 Å². The van der Waals surface area contributed by atoms with E-state index in [0.29, 0.717) is 17.5 Å². The van der Waals surface area contributed by atoms with Crippen LogP contribution in [0.25, 0.3) is 0 Å². The van der Waals surface area contributed by atoms with Gasteiger partial charge in [0.15, 0.2) is 0 Å². The maximum Gasteiger partial charge on any atom is 0.225 e. The van der Waals surface area contributed by atoms with Crippen molar-refractivity contribution in [1.29, 1.82) is 0 Å². The normalized spacial score (nSPS) is 24.8. The summed E-state index contributed by atoms with van der Waals surface area (Å²) in [6, 6.07) is 0. The molecule has 2 N–H and O–H groups in total. The van der Waals surface area contributed by atoms with Crippen LogP contribution in [0.2, 0.25) is 5.15 Å². The van der Waals surface area contributed by atoms with Crippen LogP contribution in [0.3, 0.4) is 0 Å². The van der Waals surface area contributed by atoms with E-state index in [9.17, 15) is 4.79 Å². The largest absolute Gasteiger partial charge is 0.369 e. The SMILES string of the molecule is CC1(C(N)=O)CCN(c2cncc(Cl)n2)C1. The molecule has 6 heteroatoms. The molecule has 1 atom stereocenters. The number of hydrogen-bond donors (Lipinski definition) is 1. The van der Waals surface area contributed by atoms with Crippen molar-refractivity contribution >= 4 is 23.3 Å². The molecule has 0 radical (unpaired) electrons. The van der Waals surface area contributed by atoms with Crippen LogP contribution >= 0.6 is 11.6 Å². The summed E-state index contributed by atoms with van der Waals surface area (Å²) in [5.41, 5.74) is 4.89. The molecule has 1 unspecified atom stereocenters. The molecule has 1 saturated heterocycles. The lowest BCUT2D eigenvalue weighted by Crippen LogP contribution is -2.37. The second kappa shape index (κ2) is 3.90. The molecule has 86 valence electrons. The molecule has 1 aromatic rings. The van der Waals surface area contributed by atoms with Gasteiger partial charge in [-0.25, -0.2) is 4.98 Å². The molecule has 1 aromatic heterocycles. The fraction of sp³-hybridized carbons (Fsp3) is 0.500. The van der Waals surface area contributed by atoms with Crippen molar-refractivity contribution < 1.29 is 4.79 Å². The molecular formula is C10H13ClN4O. The molecule has 16 heavy (non-hydrogen) atoms. The monoisotopic (exact) mass is 240 g/mol. The first-order valence-corrected chi connectivity index (χ1v) is 5.41. The summed E-state index contributed by atoms with van der Waals surface area (Å²) in [7, 11) is 0. The van der Waals surface area contributed by atoms with Gasteiger partial charge in [0.1, 0.15) is 11.0 Å². The van der Waals surface area contributed by atoms with E-state index in [4.69, 9.17) is 17.3 Å². The Bertz CT molecular complexity index is 425. The van der Waals surface area contributed by atoms with Crippen molar-refractivity contribution in [3.05, 3.63) is 17.5 Å². The number of carbonyl (C=O) groups excluding carboxylic acids is 1. The number of anilines is 1. The first-order valence-electron chi connectivity index (χ1n) is 5.04. The van der Waals surface area contributed by atoms with E-state index >= 15 is 0 Å². The molecule has 0 bridgehead atoms. The van der Waals surface area contributed by atoms with Gasteiger partial charge in [0.25, 0.3) is 0 Å². The highest BCUT2D eigenvalue weighted by Crippen LogP contribution is 2.31. The number of nitrogens with two attached hydrogens (primary N) is 1. The van der Waals surface area contributed by atoms with Crippen LogP contribution in [-0.2, 0) is 4.79 Å². The second-order valence-electron chi connectivity index (χ2n) is 4.30. The quantitative estimate of drug-likeness (QED) is 0.831. The number of hydrogen-bond acceptors (Lipinski definition) is 4. The lowest BCUT2D eigenvalue weighted by molar-refractivity contribution is -0.125. The number of halogens is 1. The van der Waals surface area contributed by atoms with E-state index in [1.54, 1.807) is 6.20 Å². The van der Waals surface area contributed by atoms with Crippen molar-refractivity contribution in [2.24, 2.45) is 11.1 Å². The summed E-state index contributed by atoms with van der Waals surface area (Å²) in [6.45, 7) is 3.18. The first kappa shape index (κ1) is 11.1. The van der Waals surface area contributed by atoms with Crippen molar-refractivity contribution in [3.63, 3.8) is 0 Å². The minimum Gasteiger partial charge on any atom is -0.369 e. The standard InChI is InChI=1S/C10H13ClN4O/c1-10(9(12)16)2-3-15(6-10)8-5-13-4-7(11)14-8/h4-5H,2-3,6H2,1H3,(H2,12,16). The van der Waals surface area contributed by atoms with Crippen LogP contribution in [0.4, 0.5) is 5.82 Å². The zero-order valence-electron chi connectivity index (χ0n) is 8.98. The maximum absolute atomic E-state index is 11.3. The highest BCUT2D eigenvalue weighted by molar-refractivity contribution is 6.29. The summed E-state index contributed by atoms with van der Waals surface area (Å²) in [6.07, 6.45) is 3.85. The fourth-order valence-electron chi connectivity index (χ4n) is 1.84. The van der Waals surface area contributed by atoms with Crippen molar-refractivity contribution in [3.8, 4) is 0 Å². The van der Waals surface area contributed by atoms with Crippen LogP contribution in [0, 0.1) is 5.41 Å². The Morgan fingerprint density at radius 2 is 2.38 bits per heavy atom. The van der Waals surface area contributed by atoms with Gasteiger partial charge in [0, 0.05) is 13.1 Å². The zero-order valence-corrected chi connectivity index (χ0v) is 9.74. The molecular weight excluding hydrogens is 228 g/mol. The Kier molecular flexibility index (Phi) is 2.71. The molecule has 1 amide bonds. The average Bonchev–Trinajstić information content (AvgIpc) is 2.62. The predicted octanol–water partition coefficient (Wildman–Crippen LogP) is 0.832. The lowest BCUT2D eigenvalue weighted by Gasteiger charge is -2.21. The number of nitrogens with zero attached hydrogens (tertiary/aromatic N) is 3. The maximum atomic E-state index is 11.3. The third-order valence-electron chi connectivity index (χ3n) is 2.98. The molecule has 5 nitrogen and oxygen atoms in total. The van der Waals surface area contributed by atoms with Gasteiger partial charge in [-0.1, -0.05) is 11.6 Å². The molecule has 0 aromatic carbocycles. The highest BCUT2D eigenvalue weighted by atomic mass is 35.5. The highest BCUT2D eigenvalue weighted by Gasteiger charge is 2.39. The Balaban J connectivity index is 2.18. The molecule has 0 saturated carbocycles. The van der Waals surface area contributed by atoms with E-state index in [0.717, 1.165) is 13.0 Å². The van der Waals surface area contributed by atoms with Crippen LogP contribution in [0.5, 0.6) is 0 Å². The first-order chi connectivity index (χ1) is 7.51. The number of amides is 1. The summed E-state index contributed by atoms with van der Waals surface area (Å²) in [5.74, 6) is 0.419. The minimum atomic E-state index is -0.482. The Labute approximate surface area is 98.6 Å². The second-order valence-corrected chi connectivity index (χ2v) is 4.68. The summed E-state index contributed by atoms with van der Waals surface area (Å²) >= 11 is 5.76. The van der Waals surface area contributed by atoms with E-state index < -0.39 is 5.41 Å². The number of primary amides is 1. The van der Waals surface area contributed by atoms with Crippen molar-refractivity contribution in [2.45, 2.75) is 13.3 Å². The average molecular weight is 241 g/mol. The molecule has 1 aliphatic rings. The zero-order chi connectivity index (χ0) is 11.8. The van der Waals surface area contributed by atoms with Crippen molar-refractivity contribution in [2.75, 3.05) is 18.0 Å². The summed E-state index contributed by atoms with van der Waals surface area (Å²) in [5, 5.41) is 0.352. The van der Waals surface area contributed by atoms with Gasteiger partial charge >= 0.3 is 0 Å². The topological polar surface area (TPSA) is 72.1 Å². The third kappa shape index (κ3) is 1.95. The van der Waals surface area contributed by atoms with Gasteiger partial charge < -0.3 is 10.6 Å². The van der Waals surface area contributed by atoms with E-state index in [1.807, 2.05) is 11.8 Å². The third-order valence-corrected chi connectivity index (χ3v) is 3.17. The molecule has 1 fully saturated rings. The van der Waals surface area contributed by atoms with Crippen LogP contribution < -0.4 is 10.6 Å². The number of aromatic nitrogens is 2. The van der Waals surface area contributed by atoms with E-state index in [1.165, 1.54) is 6.20 Å². The number of carbonyl (C=O) groups is 1. The predicted molar refractivity (Wildman–Crippen MR) is 61.2 cm³/mol. The fourth-order valence-corrected chi connectivity index (χ4v) is 1.99. The Morgan fingerprint density at radius 1 is 1.62 bits per heavy atom. The van der Waals surface area contributed by atoms with Crippen LogP contribution in [0.15, 0.2) is 12.4 Å². The van der Waals surface area contributed by atoms with Gasteiger partial charge in [-0.2, -0.15) is 0 Å². The Hall–Kier alpha value is -1.36. The molecule has 1 aliphatic heterocycles.